The molecular weight excluding hydrogens is 480 g/mol. The molecule has 11 heteroatoms. The lowest BCUT2D eigenvalue weighted by Gasteiger charge is -2.38. The zero-order valence-electron chi connectivity index (χ0n) is 19.2. The highest BCUT2D eigenvalue weighted by molar-refractivity contribution is 7.10. The van der Waals surface area contributed by atoms with Gasteiger partial charge in [-0.15, -0.1) is 5.10 Å². The van der Waals surface area contributed by atoms with Crippen molar-refractivity contribution in [2.75, 3.05) is 23.3 Å². The average molecular weight is 507 g/mol. The summed E-state index contributed by atoms with van der Waals surface area (Å²) < 4.78 is 60.1. The van der Waals surface area contributed by atoms with Gasteiger partial charge < -0.3 is 10.2 Å². The van der Waals surface area contributed by atoms with E-state index in [1.807, 2.05) is 6.92 Å². The molecule has 2 aliphatic heterocycles. The zero-order chi connectivity index (χ0) is 24.3. The van der Waals surface area contributed by atoms with Crippen molar-refractivity contribution in [1.82, 2.24) is 19.1 Å². The Morgan fingerprint density at radius 1 is 1.06 bits per heavy atom. The van der Waals surface area contributed by atoms with Gasteiger partial charge in [0.2, 0.25) is 5.95 Å². The van der Waals surface area contributed by atoms with Crippen LogP contribution in [0.2, 0.25) is 0 Å². The third-order valence-electron chi connectivity index (χ3n) is 7.58. The summed E-state index contributed by atoms with van der Waals surface area (Å²) in [5.74, 6) is 0.738. The maximum absolute atomic E-state index is 14.1. The van der Waals surface area contributed by atoms with E-state index < -0.39 is 23.5 Å². The minimum atomic E-state index is -4.60. The number of aryl methyl sites for hydroxylation is 2. The summed E-state index contributed by atoms with van der Waals surface area (Å²) in [6.07, 6.45) is -0.975. The first-order valence-corrected chi connectivity index (χ1v) is 12.8. The second-order valence-electron chi connectivity index (χ2n) is 9.96. The van der Waals surface area contributed by atoms with Crippen LogP contribution in [0, 0.1) is 24.6 Å². The average Bonchev–Trinajstić information content (AvgIpc) is 3.48. The van der Waals surface area contributed by atoms with Crippen LogP contribution in [0.4, 0.5) is 28.5 Å². The molecule has 2 aromatic heterocycles. The monoisotopic (exact) mass is 506 g/mol. The molecule has 4 atom stereocenters. The summed E-state index contributed by atoms with van der Waals surface area (Å²) in [4.78, 5) is 7.14. The van der Waals surface area contributed by atoms with Gasteiger partial charge in [0.1, 0.15) is 16.6 Å². The Balaban J connectivity index is 1.22. The van der Waals surface area contributed by atoms with Crippen molar-refractivity contribution in [2.24, 2.45) is 11.8 Å². The Kier molecular flexibility index (Phi) is 5.50. The molecular formula is C24H26F4N6S. The Hall–Kier alpha value is -2.69. The van der Waals surface area contributed by atoms with Crippen molar-refractivity contribution < 1.29 is 17.6 Å². The topological polar surface area (TPSA) is 58.9 Å². The Labute approximate surface area is 204 Å². The molecule has 2 fully saturated rings. The fourth-order valence-electron chi connectivity index (χ4n) is 5.99. The maximum atomic E-state index is 14.1. The minimum Gasteiger partial charge on any atom is -0.361 e. The number of nitrogens with zero attached hydrogens (tertiary/aromatic N) is 5. The Morgan fingerprint density at radius 2 is 1.83 bits per heavy atom. The molecule has 186 valence electrons. The molecule has 2 bridgehead atoms. The number of piperidine rings is 1. The quantitative estimate of drug-likeness (QED) is 0.477. The maximum Gasteiger partial charge on any atom is 0.416 e. The van der Waals surface area contributed by atoms with Gasteiger partial charge in [0.15, 0.2) is 0 Å². The Bertz CT molecular complexity index is 1220. The van der Waals surface area contributed by atoms with Crippen molar-refractivity contribution in [3.05, 3.63) is 52.7 Å². The molecule has 6 nitrogen and oxygen atoms in total. The molecule has 3 aliphatic rings. The fraction of sp³-hybridized carbons (Fsp3) is 0.542. The molecule has 0 amide bonds. The molecule has 1 aliphatic carbocycles. The number of nitrogens with one attached hydrogen (secondary N) is 1. The lowest BCUT2D eigenvalue weighted by atomic mass is 9.90. The number of rotatable bonds is 4. The highest BCUT2D eigenvalue weighted by Crippen LogP contribution is 2.42. The van der Waals surface area contributed by atoms with E-state index in [9.17, 15) is 17.6 Å². The first-order chi connectivity index (χ1) is 16.7. The van der Waals surface area contributed by atoms with Gasteiger partial charge in [-0.05, 0) is 85.8 Å². The molecule has 1 N–H and O–H groups in total. The number of alkyl halides is 3. The molecule has 1 aromatic carbocycles. The number of hydrogen-bond acceptors (Lipinski definition) is 6. The van der Waals surface area contributed by atoms with Crippen molar-refractivity contribution in [2.45, 2.75) is 57.3 Å². The number of halogens is 4. The lowest BCUT2D eigenvalue weighted by Crippen LogP contribution is -2.48. The third-order valence-corrected chi connectivity index (χ3v) is 8.52. The fourth-order valence-corrected chi connectivity index (χ4v) is 6.77. The van der Waals surface area contributed by atoms with Crippen LogP contribution >= 0.6 is 11.5 Å². The van der Waals surface area contributed by atoms with Gasteiger partial charge in [-0.2, -0.15) is 22.5 Å². The first-order valence-electron chi connectivity index (χ1n) is 12.0. The van der Waals surface area contributed by atoms with Gasteiger partial charge in [0, 0.05) is 31.6 Å². The standard InChI is InChI=1S/C24H26F4N6S/c1-13-7-20(35-32-13)33-11-14-4-5-15(12-33)21(14)29-23-30-22-19(3-2-6-34(22)31-23)16-8-17(24(26,27)28)10-18(25)9-16/h7-10,14-15,19,21H,2-6,11-12H2,1H3,(H,29,31)/t14-,15+,19?,21-. The van der Waals surface area contributed by atoms with Crippen LogP contribution in [0.5, 0.6) is 0 Å². The van der Waals surface area contributed by atoms with E-state index >= 15 is 0 Å². The van der Waals surface area contributed by atoms with Crippen LogP contribution in [-0.4, -0.2) is 38.3 Å². The molecule has 1 saturated heterocycles. The van der Waals surface area contributed by atoms with Gasteiger partial charge in [0.05, 0.1) is 11.3 Å². The van der Waals surface area contributed by atoms with Gasteiger partial charge in [-0.25, -0.2) is 9.07 Å². The van der Waals surface area contributed by atoms with Crippen LogP contribution in [0.15, 0.2) is 24.3 Å². The summed E-state index contributed by atoms with van der Waals surface area (Å²) in [5, 5.41) is 9.42. The van der Waals surface area contributed by atoms with Gasteiger partial charge in [0.25, 0.3) is 0 Å². The highest BCUT2D eigenvalue weighted by atomic mass is 32.1. The molecule has 1 unspecified atom stereocenters. The van der Waals surface area contributed by atoms with Crippen LogP contribution < -0.4 is 10.2 Å². The number of hydrogen-bond donors (Lipinski definition) is 1. The molecule has 0 spiro atoms. The summed E-state index contributed by atoms with van der Waals surface area (Å²) in [6.45, 7) is 4.57. The largest absolute Gasteiger partial charge is 0.416 e. The van der Waals surface area contributed by atoms with Crippen molar-refractivity contribution in [3.8, 4) is 0 Å². The third kappa shape index (κ3) is 4.28. The van der Waals surface area contributed by atoms with Crippen molar-refractivity contribution in [3.63, 3.8) is 0 Å². The van der Waals surface area contributed by atoms with E-state index in [-0.39, 0.29) is 6.04 Å². The van der Waals surface area contributed by atoms with Crippen LogP contribution in [0.3, 0.4) is 0 Å². The zero-order valence-corrected chi connectivity index (χ0v) is 20.0. The number of benzene rings is 1. The van der Waals surface area contributed by atoms with Gasteiger partial charge in [-0.1, -0.05) is 0 Å². The van der Waals surface area contributed by atoms with Crippen LogP contribution in [-0.2, 0) is 12.7 Å². The molecule has 1 saturated carbocycles. The predicted octanol–water partition coefficient (Wildman–Crippen LogP) is 5.45. The van der Waals surface area contributed by atoms with Gasteiger partial charge in [-0.3, -0.25) is 0 Å². The number of fused-ring (bicyclic) bond motifs is 3. The van der Waals surface area contributed by atoms with Crippen molar-refractivity contribution in [1.29, 1.82) is 0 Å². The van der Waals surface area contributed by atoms with Crippen LogP contribution in [0.25, 0.3) is 0 Å². The second kappa shape index (κ2) is 8.46. The van der Waals surface area contributed by atoms with E-state index in [2.05, 4.69) is 25.8 Å². The lowest BCUT2D eigenvalue weighted by molar-refractivity contribution is -0.137. The normalized spacial score (nSPS) is 26.1. The van der Waals surface area contributed by atoms with Gasteiger partial charge >= 0.3 is 6.18 Å². The number of anilines is 2. The van der Waals surface area contributed by atoms with Crippen LogP contribution in [0.1, 0.15) is 54.2 Å². The molecule has 6 rings (SSSR count). The molecule has 35 heavy (non-hydrogen) atoms. The summed E-state index contributed by atoms with van der Waals surface area (Å²) in [7, 11) is 0. The van der Waals surface area contributed by atoms with E-state index in [1.165, 1.54) is 11.1 Å². The number of aromatic nitrogens is 4. The summed E-state index contributed by atoms with van der Waals surface area (Å²) in [6, 6.07) is 5.17. The molecule has 0 radical (unpaired) electrons. The van der Waals surface area contributed by atoms with E-state index in [0.717, 1.165) is 44.1 Å². The van der Waals surface area contributed by atoms with E-state index in [1.54, 1.807) is 16.2 Å². The summed E-state index contributed by atoms with van der Waals surface area (Å²) in [5.41, 5.74) is 0.369. The molecule has 4 heterocycles. The highest BCUT2D eigenvalue weighted by Gasteiger charge is 2.43. The smallest absolute Gasteiger partial charge is 0.361 e. The van der Waals surface area contributed by atoms with E-state index in [4.69, 9.17) is 4.98 Å². The first kappa shape index (κ1) is 22.8. The second-order valence-corrected chi connectivity index (χ2v) is 10.7. The SMILES string of the molecule is Cc1cc(N2C[C@H]3CC[C@@H](C2)[C@@H]3Nc2nc3n(n2)CCCC3c2cc(F)cc(C(F)(F)F)c2)sn1. The van der Waals surface area contributed by atoms with E-state index in [0.29, 0.717) is 48.2 Å². The minimum absolute atomic E-state index is 0.258. The van der Waals surface area contributed by atoms with Crippen molar-refractivity contribution >= 4 is 22.5 Å². The summed E-state index contributed by atoms with van der Waals surface area (Å²) >= 11 is 1.54. The Morgan fingerprint density at radius 3 is 2.51 bits per heavy atom. The predicted molar refractivity (Wildman–Crippen MR) is 125 cm³/mol. The molecule has 3 aromatic rings.